The van der Waals surface area contributed by atoms with Crippen LogP contribution in [0, 0.1) is 0 Å². The molecule has 2 saturated heterocycles. The van der Waals surface area contributed by atoms with Gasteiger partial charge in [-0.05, 0) is 35.7 Å². The zero-order valence-corrected chi connectivity index (χ0v) is 28.1. The highest BCUT2D eigenvalue weighted by Crippen LogP contribution is 2.37. The minimum Gasteiger partial charge on any atom is -0.627 e. The molecule has 0 unspecified atom stereocenters. The molecule has 15 heteroatoms. The number of Topliss-reactive ketones (excluding diaryl/α,β-unsaturated/α-hetero) is 1. The number of hydrogen-bond donors (Lipinski definition) is 3. The van der Waals surface area contributed by atoms with Crippen molar-refractivity contribution in [1.29, 1.82) is 0 Å². The zero-order valence-electron chi connectivity index (χ0n) is 27.2. The van der Waals surface area contributed by atoms with Gasteiger partial charge in [-0.15, -0.1) is 6.58 Å². The second-order valence-corrected chi connectivity index (χ2v) is 13.3. The minimum absolute atomic E-state index is 0.00774. The molecule has 3 heterocycles. The molecule has 2 fully saturated rings. The van der Waals surface area contributed by atoms with Crippen LogP contribution >= 0.6 is 8.17 Å². The summed E-state index contributed by atoms with van der Waals surface area (Å²) in [7, 11) is -5.03. The number of benzene rings is 3. The van der Waals surface area contributed by atoms with Crippen LogP contribution in [0.4, 0.5) is 4.79 Å². The Kier molecular flexibility index (Phi) is 10.0. The molecule has 260 valence electrons. The maximum absolute atomic E-state index is 14.4. The Morgan fingerprint density at radius 2 is 1.80 bits per heavy atom. The van der Waals surface area contributed by atoms with E-state index in [0.717, 1.165) is 16.5 Å². The number of H-pyrrole nitrogens is 1. The fraction of sp³-hybridized carbons (Fsp3) is 0.257. The molecular formula is C35H36N6O8P-. The third kappa shape index (κ3) is 7.39. The topological polar surface area (TPSA) is 185 Å². The Balaban J connectivity index is 1.36. The van der Waals surface area contributed by atoms with Crippen LogP contribution < -0.4 is 19.6 Å². The Morgan fingerprint density at radius 3 is 2.48 bits per heavy atom. The standard InChI is InChI=1S/C35H37N6O8P/c1-3-16-39-22-32(43)40-30(17-24-12-14-27(15-13-24)49-50(46,47)48)34(44)38(20-26-10-7-11-28-29(23(2)42)19-36-33(26)28)21-31(40)41(39)35(45)37-18-25-8-5-4-6-9-25/h3-15,19,30-31,36H,1,16-18,20-22H2,2H3,(H,37,45)(H2,46,47,48)/p-1/t30-,31-/m0/s1. The number of hydrazine groups is 1. The quantitative estimate of drug-likeness (QED) is 0.120. The van der Waals surface area contributed by atoms with Crippen molar-refractivity contribution in [3.8, 4) is 5.75 Å². The van der Waals surface area contributed by atoms with Gasteiger partial charge >= 0.3 is 6.03 Å². The number of fused-ring (bicyclic) bond motifs is 2. The van der Waals surface area contributed by atoms with Gasteiger partial charge in [-0.1, -0.05) is 66.7 Å². The number of rotatable bonds is 11. The molecule has 0 saturated carbocycles. The molecule has 2 atom stereocenters. The number of aromatic nitrogens is 1. The van der Waals surface area contributed by atoms with Crippen LogP contribution in [0.2, 0.25) is 0 Å². The maximum Gasteiger partial charge on any atom is 0.334 e. The van der Waals surface area contributed by atoms with Crippen LogP contribution in [0.5, 0.6) is 5.75 Å². The van der Waals surface area contributed by atoms with Crippen LogP contribution in [-0.2, 0) is 29.1 Å². The van der Waals surface area contributed by atoms with Gasteiger partial charge in [0.15, 0.2) is 11.5 Å². The third-order valence-electron chi connectivity index (χ3n) is 8.78. The van der Waals surface area contributed by atoms with Gasteiger partial charge in [-0.3, -0.25) is 14.4 Å². The second-order valence-electron chi connectivity index (χ2n) is 12.1. The van der Waals surface area contributed by atoms with Gasteiger partial charge in [0.25, 0.3) is 0 Å². The third-order valence-corrected chi connectivity index (χ3v) is 9.22. The molecule has 6 rings (SSSR count). The number of phosphoric acid groups is 1. The molecule has 50 heavy (non-hydrogen) atoms. The highest BCUT2D eigenvalue weighted by molar-refractivity contribution is 7.50. The first kappa shape index (κ1) is 34.7. The first-order valence-electron chi connectivity index (χ1n) is 15.9. The van der Waals surface area contributed by atoms with Crippen molar-refractivity contribution < 1.29 is 38.4 Å². The van der Waals surface area contributed by atoms with Crippen molar-refractivity contribution in [1.82, 2.24) is 30.1 Å². The van der Waals surface area contributed by atoms with E-state index in [1.165, 1.54) is 41.1 Å². The Labute approximate surface area is 288 Å². The number of carbonyl (C=O) groups excluding carboxylic acids is 4. The SMILES string of the molecule is C=CCN1CC(=O)N2[C@@H](Cc3ccc(O[P+]([O-])([O-])O)cc3)C(=O)N(Cc3cccc4c(C(C)=O)c[nH]c34)C[C@@H]2N1C(=O)NCc1ccccc1. The summed E-state index contributed by atoms with van der Waals surface area (Å²) < 4.78 is 4.56. The van der Waals surface area contributed by atoms with Crippen LogP contribution in [0.3, 0.4) is 0 Å². The van der Waals surface area contributed by atoms with Crippen molar-refractivity contribution in [3.63, 3.8) is 0 Å². The average Bonchev–Trinajstić information content (AvgIpc) is 3.52. The summed E-state index contributed by atoms with van der Waals surface area (Å²) >= 11 is 0. The number of piperazine rings is 1. The molecule has 0 spiro atoms. The summed E-state index contributed by atoms with van der Waals surface area (Å²) in [5.41, 5.74) is 3.43. The number of nitrogens with one attached hydrogen (secondary N) is 2. The number of carbonyl (C=O) groups is 4. The number of urea groups is 1. The Morgan fingerprint density at radius 1 is 1.06 bits per heavy atom. The Bertz CT molecular complexity index is 1910. The van der Waals surface area contributed by atoms with Crippen molar-refractivity contribution in [3.05, 3.63) is 114 Å². The van der Waals surface area contributed by atoms with Gasteiger partial charge in [-0.2, -0.15) is 0 Å². The van der Waals surface area contributed by atoms with Crippen molar-refractivity contribution >= 4 is 42.7 Å². The van der Waals surface area contributed by atoms with Crippen LogP contribution in [0.1, 0.15) is 34.0 Å². The Hall–Kier alpha value is -5.11. The van der Waals surface area contributed by atoms with Gasteiger partial charge in [0.05, 0.1) is 18.6 Å². The van der Waals surface area contributed by atoms with E-state index in [1.807, 2.05) is 48.5 Å². The first-order chi connectivity index (χ1) is 23.9. The predicted molar refractivity (Wildman–Crippen MR) is 180 cm³/mol. The van der Waals surface area contributed by atoms with Gasteiger partial charge in [0.1, 0.15) is 12.2 Å². The minimum atomic E-state index is -5.03. The summed E-state index contributed by atoms with van der Waals surface area (Å²) in [6.45, 7) is 5.66. The largest absolute Gasteiger partial charge is 0.627 e. The summed E-state index contributed by atoms with van der Waals surface area (Å²) in [5, 5.41) is 6.76. The molecule has 0 aliphatic carbocycles. The fourth-order valence-corrected chi connectivity index (χ4v) is 6.97. The maximum atomic E-state index is 14.4. The van der Waals surface area contributed by atoms with Crippen molar-refractivity contribution in [2.75, 3.05) is 19.6 Å². The summed E-state index contributed by atoms with van der Waals surface area (Å²) in [5.74, 6) is -0.936. The number of nitrogens with zero attached hydrogens (tertiary/aromatic N) is 4. The van der Waals surface area contributed by atoms with E-state index in [9.17, 15) is 29.0 Å². The van der Waals surface area contributed by atoms with Crippen molar-refractivity contribution in [2.24, 2.45) is 0 Å². The lowest BCUT2D eigenvalue weighted by atomic mass is 9.98. The van der Waals surface area contributed by atoms with E-state index in [1.54, 1.807) is 22.2 Å². The van der Waals surface area contributed by atoms with Gasteiger partial charge in [0, 0.05) is 43.2 Å². The van der Waals surface area contributed by atoms with E-state index in [0.29, 0.717) is 16.6 Å². The second kappa shape index (κ2) is 14.4. The van der Waals surface area contributed by atoms with Crippen LogP contribution in [0.25, 0.3) is 10.9 Å². The molecule has 4 aromatic rings. The lowest BCUT2D eigenvalue weighted by Gasteiger charge is -2.55. The van der Waals surface area contributed by atoms with Gasteiger partial charge < -0.3 is 34.4 Å². The molecular weight excluding hydrogens is 663 g/mol. The lowest BCUT2D eigenvalue weighted by molar-refractivity contribution is -0.353. The molecule has 14 nitrogen and oxygen atoms in total. The normalized spacial score (nSPS) is 18.3. The molecule has 0 bridgehead atoms. The van der Waals surface area contributed by atoms with Gasteiger partial charge in [-0.25, -0.2) is 19.7 Å². The number of amides is 4. The first-order valence-corrected chi connectivity index (χ1v) is 17.4. The van der Waals surface area contributed by atoms with Crippen LogP contribution in [-0.4, -0.2) is 85.2 Å². The summed E-state index contributed by atoms with van der Waals surface area (Å²) in [4.78, 5) is 92.4. The molecule has 2 aliphatic rings. The van der Waals surface area contributed by atoms with E-state index in [-0.39, 0.29) is 62.5 Å². The average molecular weight is 700 g/mol. The number of aromatic amines is 1. The highest BCUT2D eigenvalue weighted by Gasteiger charge is 2.51. The van der Waals surface area contributed by atoms with Gasteiger partial charge in [0.2, 0.25) is 20.0 Å². The van der Waals surface area contributed by atoms with E-state index in [2.05, 4.69) is 21.4 Å². The smallest absolute Gasteiger partial charge is 0.334 e. The molecule has 3 N–H and O–H groups in total. The van der Waals surface area contributed by atoms with E-state index < -0.39 is 26.4 Å². The highest BCUT2D eigenvalue weighted by atomic mass is 31.2. The van der Waals surface area contributed by atoms with Crippen molar-refractivity contribution in [2.45, 2.75) is 38.6 Å². The lowest BCUT2D eigenvalue weighted by Crippen LogP contribution is -2.76. The van der Waals surface area contributed by atoms with Crippen LogP contribution in [0.15, 0.2) is 91.6 Å². The number of phosphoric ester groups is 1. The summed E-state index contributed by atoms with van der Waals surface area (Å²) in [6, 6.07) is 19.1. The predicted octanol–water partition coefficient (Wildman–Crippen LogP) is 1.88. The summed E-state index contributed by atoms with van der Waals surface area (Å²) in [6.07, 6.45) is 2.38. The monoisotopic (exact) mass is 699 g/mol. The molecule has 2 aliphatic heterocycles. The molecule has 4 amide bonds. The van der Waals surface area contributed by atoms with E-state index >= 15 is 0 Å². The number of ketones is 1. The number of para-hydroxylation sites is 1. The van der Waals surface area contributed by atoms with E-state index in [4.69, 9.17) is 4.89 Å². The molecule has 1 aromatic heterocycles. The fourth-order valence-electron chi connectivity index (χ4n) is 6.59. The zero-order chi connectivity index (χ0) is 35.6. The molecule has 3 aromatic carbocycles. The molecule has 0 radical (unpaired) electrons. The number of hydrogen-bond acceptors (Lipinski definition) is 9.